The van der Waals surface area contributed by atoms with Crippen molar-refractivity contribution >= 4 is 11.3 Å². The van der Waals surface area contributed by atoms with Crippen LogP contribution < -0.4 is 4.57 Å². The number of thiazole rings is 1. The maximum absolute atomic E-state index is 2.45. The van der Waals surface area contributed by atoms with Crippen molar-refractivity contribution in [3.63, 3.8) is 0 Å². The monoisotopic (exact) mass is 258 g/mol. The van der Waals surface area contributed by atoms with E-state index in [1.165, 1.54) is 37.7 Å². The van der Waals surface area contributed by atoms with E-state index < -0.39 is 0 Å². The summed E-state index contributed by atoms with van der Waals surface area (Å²) in [6, 6.07) is 10.8. The zero-order valence-corrected chi connectivity index (χ0v) is 11.5. The Bertz CT molecular complexity index is 483. The fourth-order valence-corrected chi connectivity index (χ4v) is 3.81. The van der Waals surface area contributed by atoms with Gasteiger partial charge in [-0.05, 0) is 12.8 Å². The van der Waals surface area contributed by atoms with Crippen LogP contribution in [0.5, 0.6) is 0 Å². The zero-order chi connectivity index (χ0) is 12.2. The molecule has 1 nitrogen and oxygen atoms in total. The molecule has 18 heavy (non-hydrogen) atoms. The molecule has 1 saturated carbocycles. The molecule has 3 rings (SSSR count). The first kappa shape index (κ1) is 11.9. The van der Waals surface area contributed by atoms with E-state index in [1.807, 2.05) is 11.3 Å². The second-order valence-electron chi connectivity index (χ2n) is 5.23. The van der Waals surface area contributed by atoms with Crippen LogP contribution in [0.15, 0.2) is 41.2 Å². The Morgan fingerprint density at radius 2 is 1.83 bits per heavy atom. The fourth-order valence-electron chi connectivity index (χ4n) is 2.94. The highest BCUT2D eigenvalue weighted by Crippen LogP contribution is 2.31. The van der Waals surface area contributed by atoms with Crippen LogP contribution in [0.2, 0.25) is 0 Å². The predicted octanol–water partition coefficient (Wildman–Crippen LogP) is 4.13. The third-order valence-corrected chi connectivity index (χ3v) is 4.68. The second kappa shape index (κ2) is 5.66. The van der Waals surface area contributed by atoms with Gasteiger partial charge in [0.25, 0.3) is 0 Å². The molecule has 1 aliphatic carbocycles. The first-order chi connectivity index (χ1) is 8.93. The molecular weight excluding hydrogens is 238 g/mol. The molecule has 0 saturated heterocycles. The summed E-state index contributed by atoms with van der Waals surface area (Å²) < 4.78 is 2.45. The minimum Gasteiger partial charge on any atom is -0.188 e. The predicted molar refractivity (Wildman–Crippen MR) is 75.9 cm³/mol. The van der Waals surface area contributed by atoms with Crippen molar-refractivity contribution in [2.45, 2.75) is 44.6 Å². The molecule has 0 N–H and O–H groups in total. The molecule has 0 aliphatic heterocycles. The standard InChI is InChI=1S/C16H20NS/c1-3-7-14(8-4-1)11-17-13-18-12-16(17)15-9-5-2-6-10-15/h1,3-4,7-8,12-13,15H,2,5-6,9-11H2/q+1. The van der Waals surface area contributed by atoms with Gasteiger partial charge in [0, 0.05) is 11.5 Å². The smallest absolute Gasteiger partial charge is 0.188 e. The van der Waals surface area contributed by atoms with Crippen LogP contribution >= 0.6 is 11.3 Å². The highest BCUT2D eigenvalue weighted by Gasteiger charge is 2.24. The maximum atomic E-state index is 2.45. The highest BCUT2D eigenvalue weighted by molar-refractivity contribution is 7.07. The highest BCUT2D eigenvalue weighted by atomic mass is 32.1. The van der Waals surface area contributed by atoms with Crippen molar-refractivity contribution < 1.29 is 4.57 Å². The molecule has 2 aromatic rings. The van der Waals surface area contributed by atoms with E-state index in [2.05, 4.69) is 45.8 Å². The summed E-state index contributed by atoms with van der Waals surface area (Å²) in [5.41, 5.74) is 5.23. The first-order valence-corrected chi connectivity index (χ1v) is 7.87. The Hall–Kier alpha value is -1.15. The van der Waals surface area contributed by atoms with Crippen molar-refractivity contribution in [1.29, 1.82) is 0 Å². The van der Waals surface area contributed by atoms with Crippen molar-refractivity contribution in [3.8, 4) is 0 Å². The summed E-state index contributed by atoms with van der Waals surface area (Å²) in [7, 11) is 0. The average Bonchev–Trinajstić information content (AvgIpc) is 2.89. The van der Waals surface area contributed by atoms with E-state index in [0.717, 1.165) is 12.5 Å². The summed E-state index contributed by atoms with van der Waals surface area (Å²) >= 11 is 1.84. The van der Waals surface area contributed by atoms with E-state index >= 15 is 0 Å². The maximum Gasteiger partial charge on any atom is 0.225 e. The lowest BCUT2D eigenvalue weighted by Crippen LogP contribution is -2.37. The molecule has 2 heteroatoms. The Labute approximate surface area is 113 Å². The molecule has 0 bridgehead atoms. The molecule has 1 heterocycles. The molecular formula is C16H20NS+. The van der Waals surface area contributed by atoms with E-state index in [0.29, 0.717) is 0 Å². The van der Waals surface area contributed by atoms with Gasteiger partial charge in [-0.3, -0.25) is 0 Å². The van der Waals surface area contributed by atoms with Crippen LogP contribution in [0, 0.1) is 0 Å². The summed E-state index contributed by atoms with van der Waals surface area (Å²) in [6.45, 7) is 1.02. The average molecular weight is 258 g/mol. The molecule has 0 spiro atoms. The Kier molecular flexibility index (Phi) is 3.75. The van der Waals surface area contributed by atoms with Gasteiger partial charge < -0.3 is 0 Å². The quantitative estimate of drug-likeness (QED) is 0.729. The molecule has 1 fully saturated rings. The number of aromatic nitrogens is 1. The van der Waals surface area contributed by atoms with Gasteiger partial charge in [0.15, 0.2) is 12.2 Å². The molecule has 0 atom stereocenters. The molecule has 0 amide bonds. The van der Waals surface area contributed by atoms with E-state index in [1.54, 1.807) is 5.69 Å². The van der Waals surface area contributed by atoms with Crippen LogP contribution in [0.1, 0.15) is 49.3 Å². The number of rotatable bonds is 3. The van der Waals surface area contributed by atoms with Gasteiger partial charge in [0.2, 0.25) is 5.51 Å². The summed E-state index contributed by atoms with van der Waals surface area (Å²) in [6.07, 6.45) is 7.01. The third-order valence-electron chi connectivity index (χ3n) is 3.93. The SMILES string of the molecule is c1ccc(C[n+]2cscc2C2CCCCC2)cc1. The Morgan fingerprint density at radius 1 is 1.06 bits per heavy atom. The van der Waals surface area contributed by atoms with Gasteiger partial charge in [0.1, 0.15) is 0 Å². The lowest BCUT2D eigenvalue weighted by Gasteiger charge is -2.18. The van der Waals surface area contributed by atoms with Crippen LogP contribution in [0.4, 0.5) is 0 Å². The van der Waals surface area contributed by atoms with Crippen molar-refractivity contribution in [3.05, 3.63) is 52.5 Å². The Balaban J connectivity index is 1.78. The van der Waals surface area contributed by atoms with Gasteiger partial charge in [-0.2, -0.15) is 4.57 Å². The minimum absolute atomic E-state index is 0.800. The van der Waals surface area contributed by atoms with Gasteiger partial charge in [0.05, 0.1) is 5.38 Å². The van der Waals surface area contributed by atoms with Gasteiger partial charge >= 0.3 is 0 Å². The van der Waals surface area contributed by atoms with Gasteiger partial charge in [-0.15, -0.1) is 0 Å². The van der Waals surface area contributed by atoms with Gasteiger partial charge in [-0.1, -0.05) is 60.9 Å². The summed E-state index contributed by atoms with van der Waals surface area (Å²) in [5, 5.41) is 2.36. The van der Waals surface area contributed by atoms with Gasteiger partial charge in [-0.25, -0.2) is 0 Å². The molecule has 1 aromatic carbocycles. The lowest BCUT2D eigenvalue weighted by molar-refractivity contribution is -0.692. The lowest BCUT2D eigenvalue weighted by atomic mass is 9.87. The molecule has 0 unspecified atom stereocenters. The number of hydrogen-bond donors (Lipinski definition) is 0. The first-order valence-electron chi connectivity index (χ1n) is 6.93. The largest absolute Gasteiger partial charge is 0.225 e. The van der Waals surface area contributed by atoms with E-state index in [-0.39, 0.29) is 0 Å². The second-order valence-corrected chi connectivity index (χ2v) is 5.95. The summed E-state index contributed by atoms with van der Waals surface area (Å²) in [4.78, 5) is 0. The summed E-state index contributed by atoms with van der Waals surface area (Å²) in [5.74, 6) is 0.800. The van der Waals surface area contributed by atoms with Crippen LogP contribution in [0.3, 0.4) is 0 Å². The van der Waals surface area contributed by atoms with Crippen LogP contribution in [-0.4, -0.2) is 0 Å². The van der Waals surface area contributed by atoms with Crippen LogP contribution in [0.25, 0.3) is 0 Å². The van der Waals surface area contributed by atoms with Crippen molar-refractivity contribution in [1.82, 2.24) is 0 Å². The van der Waals surface area contributed by atoms with E-state index in [9.17, 15) is 0 Å². The molecule has 94 valence electrons. The fraction of sp³-hybridized carbons (Fsp3) is 0.438. The molecule has 1 aliphatic rings. The number of nitrogens with zero attached hydrogens (tertiary/aromatic N) is 1. The third kappa shape index (κ3) is 2.64. The van der Waals surface area contributed by atoms with Crippen molar-refractivity contribution in [2.75, 3.05) is 0 Å². The number of hydrogen-bond acceptors (Lipinski definition) is 1. The normalized spacial score (nSPS) is 16.9. The van der Waals surface area contributed by atoms with Crippen molar-refractivity contribution in [2.24, 2.45) is 0 Å². The molecule has 0 radical (unpaired) electrons. The Morgan fingerprint density at radius 3 is 2.61 bits per heavy atom. The minimum atomic E-state index is 0.800. The number of benzene rings is 1. The van der Waals surface area contributed by atoms with E-state index in [4.69, 9.17) is 0 Å². The van der Waals surface area contributed by atoms with Crippen LogP contribution in [-0.2, 0) is 6.54 Å². The zero-order valence-electron chi connectivity index (χ0n) is 10.7. The topological polar surface area (TPSA) is 3.88 Å². The molecule has 1 aromatic heterocycles.